The molecule has 4 rings (SSSR count). The quantitative estimate of drug-likeness (QED) is 0.347. The molecular formula is C28H35ClN4O2S. The lowest BCUT2D eigenvalue weighted by Gasteiger charge is -2.30. The highest BCUT2D eigenvalue weighted by molar-refractivity contribution is 7.98. The van der Waals surface area contributed by atoms with Crippen molar-refractivity contribution in [2.75, 3.05) is 25.4 Å². The first kappa shape index (κ1) is 26.7. The number of hydrogen-bond donors (Lipinski definition) is 1. The molecule has 0 bridgehead atoms. The monoisotopic (exact) mass is 526 g/mol. The Labute approximate surface area is 223 Å². The van der Waals surface area contributed by atoms with Gasteiger partial charge in [0.2, 0.25) is 17.6 Å². The zero-order valence-electron chi connectivity index (χ0n) is 21.3. The van der Waals surface area contributed by atoms with Crippen molar-refractivity contribution in [1.29, 1.82) is 0 Å². The summed E-state index contributed by atoms with van der Waals surface area (Å²) in [4.78, 5) is 19.6. The zero-order valence-corrected chi connectivity index (χ0v) is 22.9. The third kappa shape index (κ3) is 7.34. The van der Waals surface area contributed by atoms with E-state index in [0.717, 1.165) is 47.0 Å². The van der Waals surface area contributed by atoms with Crippen molar-refractivity contribution in [3.63, 3.8) is 0 Å². The number of hydrogen-bond acceptors (Lipinski definition) is 6. The maximum absolute atomic E-state index is 12.8. The summed E-state index contributed by atoms with van der Waals surface area (Å²) in [6, 6.07) is 16.2. The molecule has 1 atom stereocenters. The van der Waals surface area contributed by atoms with Gasteiger partial charge in [-0.3, -0.25) is 9.69 Å². The Balaban J connectivity index is 1.22. The van der Waals surface area contributed by atoms with Crippen molar-refractivity contribution in [3.05, 3.63) is 70.6 Å². The maximum atomic E-state index is 12.8. The highest BCUT2D eigenvalue weighted by Crippen LogP contribution is 2.26. The van der Waals surface area contributed by atoms with Gasteiger partial charge >= 0.3 is 0 Å². The molecule has 2 aromatic carbocycles. The van der Waals surface area contributed by atoms with Crippen LogP contribution in [0.2, 0.25) is 5.02 Å². The normalized spacial score (nSPS) is 16.7. The van der Waals surface area contributed by atoms with Crippen molar-refractivity contribution in [2.24, 2.45) is 5.92 Å². The fraction of sp³-hybridized carbons (Fsp3) is 0.464. The summed E-state index contributed by atoms with van der Waals surface area (Å²) in [5.74, 6) is 3.00. The minimum Gasteiger partial charge on any atom is -0.355 e. The molecule has 0 spiro atoms. The van der Waals surface area contributed by atoms with Crippen molar-refractivity contribution in [2.45, 2.75) is 51.3 Å². The number of thioether (sulfide) groups is 1. The van der Waals surface area contributed by atoms with Crippen molar-refractivity contribution < 1.29 is 9.32 Å². The SMILES string of the molecule is CC(C)(C)c1ccc(-c2noc(CN3CCCC(C(=O)NCCSCc4ccccc4Cl)C3)n2)cc1. The molecular weight excluding hydrogens is 492 g/mol. The van der Waals surface area contributed by atoms with Crippen LogP contribution in [-0.4, -0.2) is 46.3 Å². The molecule has 1 unspecified atom stereocenters. The third-order valence-electron chi connectivity index (χ3n) is 6.47. The molecule has 1 N–H and O–H groups in total. The van der Waals surface area contributed by atoms with Crippen molar-refractivity contribution >= 4 is 29.3 Å². The topological polar surface area (TPSA) is 71.3 Å². The van der Waals surface area contributed by atoms with Crippen LogP contribution in [0, 0.1) is 5.92 Å². The fourth-order valence-corrected chi connectivity index (χ4v) is 5.49. The van der Waals surface area contributed by atoms with E-state index in [1.54, 1.807) is 11.8 Å². The molecule has 6 nitrogen and oxygen atoms in total. The minimum absolute atomic E-state index is 0.0142. The lowest BCUT2D eigenvalue weighted by molar-refractivity contribution is -0.126. The van der Waals surface area contributed by atoms with Gasteiger partial charge in [-0.1, -0.05) is 80.0 Å². The molecule has 1 amide bonds. The number of nitrogens with zero attached hydrogens (tertiary/aromatic N) is 3. The van der Waals surface area contributed by atoms with Crippen molar-refractivity contribution in [3.8, 4) is 11.4 Å². The summed E-state index contributed by atoms with van der Waals surface area (Å²) in [6.45, 7) is 9.44. The molecule has 1 aliphatic rings. The number of benzene rings is 2. The summed E-state index contributed by atoms with van der Waals surface area (Å²) >= 11 is 7.99. The summed E-state index contributed by atoms with van der Waals surface area (Å²) in [7, 11) is 0. The number of halogens is 1. The van der Waals surface area contributed by atoms with E-state index in [1.807, 2.05) is 36.4 Å². The smallest absolute Gasteiger partial charge is 0.241 e. The largest absolute Gasteiger partial charge is 0.355 e. The summed E-state index contributed by atoms with van der Waals surface area (Å²) in [6.07, 6.45) is 1.89. The first-order valence-corrected chi connectivity index (χ1v) is 14.1. The first-order chi connectivity index (χ1) is 17.3. The van der Waals surface area contributed by atoms with Gasteiger partial charge in [-0.2, -0.15) is 16.7 Å². The van der Waals surface area contributed by atoms with Gasteiger partial charge in [-0.15, -0.1) is 0 Å². The Morgan fingerprint density at radius 1 is 1.19 bits per heavy atom. The van der Waals surface area contributed by atoms with Crippen LogP contribution in [-0.2, 0) is 22.5 Å². The second-order valence-electron chi connectivity index (χ2n) is 10.3. The number of aromatic nitrogens is 2. The van der Waals surface area contributed by atoms with E-state index < -0.39 is 0 Å². The van der Waals surface area contributed by atoms with Crippen LogP contribution in [0.15, 0.2) is 53.1 Å². The second-order valence-corrected chi connectivity index (χ2v) is 11.9. The number of nitrogens with one attached hydrogen (secondary N) is 1. The number of likely N-dealkylation sites (tertiary alicyclic amines) is 1. The molecule has 0 saturated carbocycles. The van der Waals surface area contributed by atoms with Crippen LogP contribution in [0.3, 0.4) is 0 Å². The molecule has 8 heteroatoms. The molecule has 0 aliphatic carbocycles. The van der Waals surface area contributed by atoms with Gasteiger partial charge < -0.3 is 9.84 Å². The van der Waals surface area contributed by atoms with E-state index in [2.05, 4.69) is 53.3 Å². The second kappa shape index (κ2) is 12.3. The summed E-state index contributed by atoms with van der Waals surface area (Å²) in [5, 5.41) is 8.08. The lowest BCUT2D eigenvalue weighted by Crippen LogP contribution is -2.43. The van der Waals surface area contributed by atoms with E-state index in [0.29, 0.717) is 31.3 Å². The Morgan fingerprint density at radius 2 is 1.97 bits per heavy atom. The highest BCUT2D eigenvalue weighted by atomic mass is 35.5. The summed E-state index contributed by atoms with van der Waals surface area (Å²) in [5.41, 5.74) is 3.45. The van der Waals surface area contributed by atoms with E-state index >= 15 is 0 Å². The number of carbonyl (C=O) groups is 1. The van der Waals surface area contributed by atoms with E-state index in [4.69, 9.17) is 16.1 Å². The van der Waals surface area contributed by atoms with Gasteiger partial charge in [0, 0.05) is 35.2 Å². The van der Waals surface area contributed by atoms with Crippen LogP contribution in [0.5, 0.6) is 0 Å². The molecule has 1 aromatic heterocycles. The number of piperidine rings is 1. The molecule has 36 heavy (non-hydrogen) atoms. The van der Waals surface area contributed by atoms with Gasteiger partial charge in [0.1, 0.15) is 0 Å². The molecule has 1 aliphatic heterocycles. The molecule has 2 heterocycles. The Morgan fingerprint density at radius 3 is 2.72 bits per heavy atom. The van der Waals surface area contributed by atoms with Gasteiger partial charge in [-0.25, -0.2) is 0 Å². The number of carbonyl (C=O) groups excluding carboxylic acids is 1. The minimum atomic E-state index is -0.0142. The van der Waals surface area contributed by atoms with E-state index in [1.165, 1.54) is 5.56 Å². The highest BCUT2D eigenvalue weighted by Gasteiger charge is 2.26. The average Bonchev–Trinajstić information content (AvgIpc) is 3.33. The molecule has 3 aromatic rings. The van der Waals surface area contributed by atoms with Crippen LogP contribution in [0.4, 0.5) is 0 Å². The summed E-state index contributed by atoms with van der Waals surface area (Å²) < 4.78 is 5.54. The number of amides is 1. The van der Waals surface area contributed by atoms with E-state index in [9.17, 15) is 4.79 Å². The van der Waals surface area contributed by atoms with Gasteiger partial charge in [0.25, 0.3) is 0 Å². The average molecular weight is 527 g/mol. The maximum Gasteiger partial charge on any atom is 0.241 e. The predicted octanol–water partition coefficient (Wildman–Crippen LogP) is 5.95. The Bertz CT molecular complexity index is 1140. The fourth-order valence-electron chi connectivity index (χ4n) is 4.35. The zero-order chi connectivity index (χ0) is 25.5. The van der Waals surface area contributed by atoms with Crippen molar-refractivity contribution in [1.82, 2.24) is 20.4 Å². The molecule has 1 saturated heterocycles. The molecule has 1 fully saturated rings. The first-order valence-electron chi connectivity index (χ1n) is 12.5. The van der Waals surface area contributed by atoms with Gasteiger partial charge in [0.05, 0.1) is 12.5 Å². The number of rotatable bonds is 9. The predicted molar refractivity (Wildman–Crippen MR) is 147 cm³/mol. The van der Waals surface area contributed by atoms with Crippen LogP contribution in [0.1, 0.15) is 50.6 Å². The molecule has 0 radical (unpaired) electrons. The lowest BCUT2D eigenvalue weighted by atomic mass is 9.87. The standard InChI is InChI=1S/C28H35ClN4O2S/c1-28(2,3)23-12-10-20(11-13-23)26-31-25(35-32-26)18-33-15-6-8-21(17-33)27(34)30-14-16-36-19-22-7-4-5-9-24(22)29/h4-5,7,9-13,21H,6,8,14-19H2,1-3H3,(H,30,34). The van der Waals surface area contributed by atoms with E-state index in [-0.39, 0.29) is 17.2 Å². The van der Waals surface area contributed by atoms with Crippen LogP contribution in [0.25, 0.3) is 11.4 Å². The Kier molecular flexibility index (Phi) is 9.09. The van der Waals surface area contributed by atoms with Crippen LogP contribution < -0.4 is 5.32 Å². The Hall–Kier alpha value is -2.35. The third-order valence-corrected chi connectivity index (χ3v) is 7.85. The molecule has 192 valence electrons. The van der Waals surface area contributed by atoms with Gasteiger partial charge in [0.15, 0.2) is 0 Å². The van der Waals surface area contributed by atoms with Crippen LogP contribution >= 0.6 is 23.4 Å². The van der Waals surface area contributed by atoms with Gasteiger partial charge in [-0.05, 0) is 42.0 Å².